The van der Waals surface area contributed by atoms with E-state index >= 15 is 0 Å². The quantitative estimate of drug-likeness (QED) is 0.341. The summed E-state index contributed by atoms with van der Waals surface area (Å²) >= 11 is 0. The molecule has 0 atom stereocenters. The Balaban J connectivity index is 1.46. The zero-order valence-corrected chi connectivity index (χ0v) is 20.7. The zero-order chi connectivity index (χ0) is 27.2. The Hall–Kier alpha value is -4.38. The Morgan fingerprint density at radius 2 is 1.71 bits per heavy atom. The monoisotopic (exact) mass is 526 g/mol. The predicted octanol–water partition coefficient (Wildman–Crippen LogP) is 3.64. The van der Waals surface area contributed by atoms with Gasteiger partial charge in [0.1, 0.15) is 17.3 Å². The highest BCUT2D eigenvalue weighted by atomic mass is 19.1. The van der Waals surface area contributed by atoms with Gasteiger partial charge in [0.25, 0.3) is 11.5 Å². The fraction of sp³-hybridized carbons (Fsp3) is 0.222. The highest BCUT2D eigenvalue weighted by Crippen LogP contribution is 2.23. The van der Waals surface area contributed by atoms with Gasteiger partial charge in [-0.05, 0) is 29.3 Å². The number of pyridine rings is 1. The summed E-state index contributed by atoms with van der Waals surface area (Å²) < 4.78 is 54.7. The number of rotatable bonds is 10. The molecule has 0 fully saturated rings. The summed E-state index contributed by atoms with van der Waals surface area (Å²) in [4.78, 5) is 24.8. The molecule has 0 bridgehead atoms. The van der Waals surface area contributed by atoms with E-state index in [1.54, 1.807) is 4.68 Å². The van der Waals surface area contributed by atoms with Crippen molar-refractivity contribution < 1.29 is 27.4 Å². The lowest BCUT2D eigenvalue weighted by Gasteiger charge is -2.10. The topological polar surface area (TPSA) is 87.4 Å². The van der Waals surface area contributed by atoms with Gasteiger partial charge in [0, 0.05) is 37.7 Å². The Morgan fingerprint density at radius 1 is 1.00 bits per heavy atom. The minimum atomic E-state index is -0.881. The molecule has 0 unspecified atom stereocenters. The average molecular weight is 527 g/mol. The van der Waals surface area contributed by atoms with E-state index in [9.17, 15) is 22.8 Å². The van der Waals surface area contributed by atoms with Gasteiger partial charge in [0.05, 0.1) is 32.4 Å². The van der Waals surface area contributed by atoms with Gasteiger partial charge in [-0.25, -0.2) is 13.2 Å². The third-order valence-corrected chi connectivity index (χ3v) is 5.84. The van der Waals surface area contributed by atoms with Crippen molar-refractivity contribution in [3.63, 3.8) is 0 Å². The van der Waals surface area contributed by atoms with Crippen LogP contribution in [0.5, 0.6) is 5.75 Å². The van der Waals surface area contributed by atoms with Crippen LogP contribution >= 0.6 is 0 Å². The number of nitrogens with zero attached hydrogens (tertiary/aromatic N) is 3. The van der Waals surface area contributed by atoms with Crippen LogP contribution in [0.1, 0.15) is 32.7 Å². The number of carbonyl (C=O) groups is 1. The molecule has 4 rings (SSSR count). The Bertz CT molecular complexity index is 1500. The predicted molar refractivity (Wildman–Crippen MR) is 132 cm³/mol. The van der Waals surface area contributed by atoms with Crippen molar-refractivity contribution >= 4 is 5.91 Å². The molecule has 0 spiro atoms. The number of methoxy groups -OCH3 is 2. The highest BCUT2D eigenvalue weighted by Gasteiger charge is 2.19. The van der Waals surface area contributed by atoms with Gasteiger partial charge in [-0.3, -0.25) is 14.3 Å². The van der Waals surface area contributed by atoms with Crippen LogP contribution in [-0.2, 0) is 31.0 Å². The summed E-state index contributed by atoms with van der Waals surface area (Å²) in [5, 5.41) is 6.95. The van der Waals surface area contributed by atoms with Crippen LogP contribution in [-0.4, -0.2) is 34.5 Å². The van der Waals surface area contributed by atoms with E-state index in [1.807, 2.05) is 24.3 Å². The van der Waals surface area contributed by atoms with Crippen molar-refractivity contribution in [2.75, 3.05) is 14.2 Å². The second kappa shape index (κ2) is 11.8. The lowest BCUT2D eigenvalue weighted by atomic mass is 10.1. The van der Waals surface area contributed by atoms with E-state index in [0.29, 0.717) is 12.2 Å². The van der Waals surface area contributed by atoms with E-state index in [2.05, 4.69) is 10.4 Å². The zero-order valence-electron chi connectivity index (χ0n) is 20.7. The van der Waals surface area contributed by atoms with Gasteiger partial charge in [0.15, 0.2) is 11.6 Å². The fourth-order valence-corrected chi connectivity index (χ4v) is 3.88. The molecular formula is C27H25F3N4O4. The fourth-order valence-electron chi connectivity index (χ4n) is 3.88. The van der Waals surface area contributed by atoms with Gasteiger partial charge >= 0.3 is 0 Å². The number of hydrogen-bond acceptors (Lipinski definition) is 5. The number of carbonyl (C=O) groups excluding carboxylic acids is 1. The second-order valence-electron chi connectivity index (χ2n) is 8.47. The molecule has 0 aliphatic heterocycles. The Kier molecular flexibility index (Phi) is 8.27. The molecule has 0 radical (unpaired) electrons. The standard InChI is InChI=1S/C27H25F3N4O4/c1-37-16-23-21(27(36)31-12-20-22(29)7-8-24(38-2)26(20)30)15-34(32-23)14-18-5-3-17(4-6-18)13-33-10-9-19(28)11-25(33)35/h3-11,15H,12-14,16H2,1-2H3,(H,31,36). The van der Waals surface area contributed by atoms with Crippen LogP contribution in [0.15, 0.2) is 65.7 Å². The molecule has 0 saturated carbocycles. The molecule has 2 aromatic heterocycles. The molecule has 4 aromatic rings. The molecule has 2 aromatic carbocycles. The van der Waals surface area contributed by atoms with Crippen molar-refractivity contribution in [1.82, 2.24) is 19.7 Å². The molecule has 1 amide bonds. The summed E-state index contributed by atoms with van der Waals surface area (Å²) in [6, 6.07) is 11.8. The third kappa shape index (κ3) is 6.12. The minimum Gasteiger partial charge on any atom is -0.494 e. The molecule has 0 aliphatic carbocycles. The van der Waals surface area contributed by atoms with E-state index in [1.165, 1.54) is 43.3 Å². The summed E-state index contributed by atoms with van der Waals surface area (Å²) in [6.07, 6.45) is 2.93. The molecule has 11 heteroatoms. The van der Waals surface area contributed by atoms with Crippen LogP contribution < -0.4 is 15.6 Å². The van der Waals surface area contributed by atoms with Crippen LogP contribution in [0.25, 0.3) is 0 Å². The molecule has 0 saturated heterocycles. The maximum atomic E-state index is 14.4. The number of aromatic nitrogens is 3. The number of hydrogen-bond donors (Lipinski definition) is 1. The first-order valence-electron chi connectivity index (χ1n) is 11.6. The van der Waals surface area contributed by atoms with E-state index in [-0.39, 0.29) is 36.6 Å². The highest BCUT2D eigenvalue weighted by molar-refractivity contribution is 5.95. The first-order chi connectivity index (χ1) is 18.3. The normalized spacial score (nSPS) is 11.0. The summed E-state index contributed by atoms with van der Waals surface area (Å²) in [5.41, 5.74) is 1.55. The van der Waals surface area contributed by atoms with E-state index in [4.69, 9.17) is 9.47 Å². The summed E-state index contributed by atoms with van der Waals surface area (Å²) in [6.45, 7) is 0.296. The molecule has 0 aliphatic rings. The minimum absolute atomic E-state index is 0.0585. The lowest BCUT2D eigenvalue weighted by Crippen LogP contribution is -2.25. The summed E-state index contributed by atoms with van der Waals surface area (Å²) in [5.74, 6) is -2.96. The lowest BCUT2D eigenvalue weighted by molar-refractivity contribution is 0.0945. The molecule has 38 heavy (non-hydrogen) atoms. The number of ether oxygens (including phenoxy) is 2. The van der Waals surface area contributed by atoms with Gasteiger partial charge in [0.2, 0.25) is 0 Å². The van der Waals surface area contributed by atoms with Gasteiger partial charge in [-0.2, -0.15) is 5.10 Å². The van der Waals surface area contributed by atoms with Crippen LogP contribution in [0.3, 0.4) is 0 Å². The van der Waals surface area contributed by atoms with Crippen molar-refractivity contribution in [3.8, 4) is 5.75 Å². The largest absolute Gasteiger partial charge is 0.494 e. The molecule has 2 heterocycles. The van der Waals surface area contributed by atoms with Crippen molar-refractivity contribution in [1.29, 1.82) is 0 Å². The summed E-state index contributed by atoms with van der Waals surface area (Å²) in [7, 11) is 2.73. The van der Waals surface area contributed by atoms with Gasteiger partial charge in [-0.15, -0.1) is 0 Å². The maximum Gasteiger partial charge on any atom is 0.255 e. The van der Waals surface area contributed by atoms with E-state index in [0.717, 1.165) is 23.3 Å². The first-order valence-corrected chi connectivity index (χ1v) is 11.6. The first kappa shape index (κ1) is 26.7. The second-order valence-corrected chi connectivity index (χ2v) is 8.47. The van der Waals surface area contributed by atoms with Gasteiger partial charge < -0.3 is 19.4 Å². The SMILES string of the molecule is COCc1nn(Cc2ccc(Cn3ccc(F)cc3=O)cc2)cc1C(=O)NCc1c(F)ccc(OC)c1F. The Morgan fingerprint density at radius 3 is 2.37 bits per heavy atom. The molecular weight excluding hydrogens is 501 g/mol. The van der Waals surface area contributed by atoms with Crippen molar-refractivity contribution in [3.05, 3.63) is 117 Å². The number of nitrogens with one attached hydrogen (secondary N) is 1. The van der Waals surface area contributed by atoms with Crippen LogP contribution in [0, 0.1) is 17.5 Å². The molecule has 8 nitrogen and oxygen atoms in total. The molecule has 198 valence electrons. The Labute approximate surface area is 216 Å². The maximum absolute atomic E-state index is 14.4. The smallest absolute Gasteiger partial charge is 0.255 e. The number of halogens is 3. The van der Waals surface area contributed by atoms with E-state index < -0.39 is 28.9 Å². The average Bonchev–Trinajstić information content (AvgIpc) is 3.29. The van der Waals surface area contributed by atoms with Crippen LogP contribution in [0.2, 0.25) is 0 Å². The number of amides is 1. The van der Waals surface area contributed by atoms with Crippen molar-refractivity contribution in [2.45, 2.75) is 26.2 Å². The number of benzene rings is 2. The molecule has 1 N–H and O–H groups in total. The van der Waals surface area contributed by atoms with Gasteiger partial charge in [-0.1, -0.05) is 24.3 Å². The van der Waals surface area contributed by atoms with Crippen molar-refractivity contribution in [2.24, 2.45) is 0 Å². The van der Waals surface area contributed by atoms with Crippen LogP contribution in [0.4, 0.5) is 13.2 Å². The third-order valence-electron chi connectivity index (χ3n) is 5.84.